The van der Waals surface area contributed by atoms with Crippen LogP contribution in [0, 0.1) is 0 Å². The van der Waals surface area contributed by atoms with E-state index in [0.29, 0.717) is 18.5 Å². The lowest BCUT2D eigenvalue weighted by atomic mass is 9.92. The van der Waals surface area contributed by atoms with E-state index in [9.17, 15) is 4.79 Å². The van der Waals surface area contributed by atoms with Crippen molar-refractivity contribution in [1.82, 2.24) is 4.90 Å². The summed E-state index contributed by atoms with van der Waals surface area (Å²) >= 11 is 6.70. The first-order valence-electron chi connectivity index (χ1n) is 9.26. The Hall–Kier alpha value is -3.21. The van der Waals surface area contributed by atoms with Crippen molar-refractivity contribution in [3.05, 3.63) is 93.5 Å². The summed E-state index contributed by atoms with van der Waals surface area (Å²) in [6.07, 6.45) is 4.64. The Labute approximate surface area is 173 Å². The van der Waals surface area contributed by atoms with Gasteiger partial charge in [0.15, 0.2) is 0 Å². The van der Waals surface area contributed by atoms with E-state index in [-0.39, 0.29) is 11.3 Å². The molecule has 2 aromatic carbocycles. The SMILES string of the molecule is COc1ccc(CN2C(=O)C(N=[N+]=[N-])c3ccccc3C3=C2C(Cl)CC=C3)cc1. The molecule has 2 atom stereocenters. The quantitative estimate of drug-likeness (QED) is 0.296. The average molecular weight is 407 g/mol. The molecule has 2 unspecified atom stereocenters. The van der Waals surface area contributed by atoms with Gasteiger partial charge in [-0.2, -0.15) is 0 Å². The van der Waals surface area contributed by atoms with Gasteiger partial charge in [-0.15, -0.1) is 11.6 Å². The van der Waals surface area contributed by atoms with Crippen LogP contribution in [-0.4, -0.2) is 23.3 Å². The predicted octanol–water partition coefficient (Wildman–Crippen LogP) is 5.37. The highest BCUT2D eigenvalue weighted by Crippen LogP contribution is 2.42. The molecule has 0 radical (unpaired) electrons. The van der Waals surface area contributed by atoms with Crippen LogP contribution in [0.3, 0.4) is 0 Å². The van der Waals surface area contributed by atoms with Crippen LogP contribution in [-0.2, 0) is 11.3 Å². The topological polar surface area (TPSA) is 78.3 Å². The second kappa shape index (κ2) is 8.03. The number of nitrogens with zero attached hydrogens (tertiary/aromatic N) is 4. The molecule has 0 fully saturated rings. The van der Waals surface area contributed by atoms with E-state index in [0.717, 1.165) is 28.1 Å². The molecule has 0 aromatic heterocycles. The van der Waals surface area contributed by atoms with E-state index < -0.39 is 6.04 Å². The molecule has 1 aliphatic carbocycles. The fraction of sp³-hybridized carbons (Fsp3) is 0.227. The third-order valence-electron chi connectivity index (χ3n) is 5.20. The van der Waals surface area contributed by atoms with Crippen LogP contribution in [0.25, 0.3) is 16.0 Å². The number of carbonyl (C=O) groups is 1. The third-order valence-corrected chi connectivity index (χ3v) is 5.59. The number of rotatable bonds is 4. The Kier molecular flexibility index (Phi) is 5.30. The highest BCUT2D eigenvalue weighted by molar-refractivity contribution is 6.23. The summed E-state index contributed by atoms with van der Waals surface area (Å²) in [5.41, 5.74) is 13.2. The molecule has 4 rings (SSSR count). The second-order valence-corrected chi connectivity index (χ2v) is 7.40. The maximum absolute atomic E-state index is 13.5. The highest BCUT2D eigenvalue weighted by Gasteiger charge is 2.37. The summed E-state index contributed by atoms with van der Waals surface area (Å²) in [6, 6.07) is 14.1. The first-order chi connectivity index (χ1) is 14.1. The number of hydrogen-bond donors (Lipinski definition) is 0. The second-order valence-electron chi connectivity index (χ2n) is 6.87. The largest absolute Gasteiger partial charge is 0.497 e. The first kappa shape index (κ1) is 19.1. The minimum absolute atomic E-state index is 0.281. The van der Waals surface area contributed by atoms with E-state index in [4.69, 9.17) is 21.9 Å². The molecular weight excluding hydrogens is 388 g/mol. The molecule has 146 valence electrons. The van der Waals surface area contributed by atoms with Gasteiger partial charge < -0.3 is 9.64 Å². The molecule has 0 N–H and O–H groups in total. The molecule has 7 heteroatoms. The molecule has 0 saturated heterocycles. The van der Waals surface area contributed by atoms with Gasteiger partial charge in [0.1, 0.15) is 11.8 Å². The van der Waals surface area contributed by atoms with Crippen LogP contribution in [0.15, 0.2) is 71.5 Å². The van der Waals surface area contributed by atoms with Crippen molar-refractivity contribution in [2.45, 2.75) is 24.4 Å². The number of halogens is 1. The van der Waals surface area contributed by atoms with Crippen LogP contribution in [0.1, 0.15) is 29.2 Å². The molecule has 2 aromatic rings. The zero-order valence-corrected chi connectivity index (χ0v) is 16.6. The minimum atomic E-state index is -0.947. The molecule has 0 saturated carbocycles. The minimum Gasteiger partial charge on any atom is -0.497 e. The van der Waals surface area contributed by atoms with Crippen molar-refractivity contribution in [2.75, 3.05) is 7.11 Å². The third kappa shape index (κ3) is 3.48. The average Bonchev–Trinajstić information content (AvgIpc) is 2.85. The predicted molar refractivity (Wildman–Crippen MR) is 112 cm³/mol. The van der Waals surface area contributed by atoms with Crippen LogP contribution in [0.5, 0.6) is 5.75 Å². The Balaban J connectivity index is 1.87. The number of alkyl halides is 1. The molecule has 1 amide bonds. The first-order valence-corrected chi connectivity index (χ1v) is 9.70. The van der Waals surface area contributed by atoms with Crippen molar-refractivity contribution < 1.29 is 9.53 Å². The number of amides is 1. The van der Waals surface area contributed by atoms with E-state index in [1.165, 1.54) is 0 Å². The number of fused-ring (bicyclic) bond motifs is 2. The zero-order valence-electron chi connectivity index (χ0n) is 15.8. The summed E-state index contributed by atoms with van der Waals surface area (Å²) in [4.78, 5) is 18.2. The van der Waals surface area contributed by atoms with Gasteiger partial charge in [0.25, 0.3) is 0 Å². The van der Waals surface area contributed by atoms with E-state index in [2.05, 4.69) is 10.0 Å². The Bertz CT molecular complexity index is 1050. The van der Waals surface area contributed by atoms with Gasteiger partial charge in [-0.3, -0.25) is 4.79 Å². The van der Waals surface area contributed by atoms with Crippen molar-refractivity contribution in [2.24, 2.45) is 5.11 Å². The van der Waals surface area contributed by atoms with Crippen molar-refractivity contribution in [1.29, 1.82) is 0 Å². The fourth-order valence-corrected chi connectivity index (χ4v) is 4.17. The highest BCUT2D eigenvalue weighted by atomic mass is 35.5. The van der Waals surface area contributed by atoms with Crippen LogP contribution in [0.2, 0.25) is 0 Å². The number of benzene rings is 2. The zero-order chi connectivity index (χ0) is 20.4. The molecule has 29 heavy (non-hydrogen) atoms. The number of carbonyl (C=O) groups excluding carboxylic acids is 1. The summed E-state index contributed by atoms with van der Waals surface area (Å²) in [5, 5.41) is 3.49. The fourth-order valence-electron chi connectivity index (χ4n) is 3.83. The molecular formula is C22H19ClN4O2. The molecule has 2 aliphatic rings. The monoisotopic (exact) mass is 406 g/mol. The normalized spacial score (nSPS) is 20.5. The summed E-state index contributed by atoms with van der Waals surface area (Å²) in [7, 11) is 1.61. The number of allylic oxidation sites excluding steroid dienone is 4. The molecule has 6 nitrogen and oxygen atoms in total. The van der Waals surface area contributed by atoms with Gasteiger partial charge in [-0.25, -0.2) is 0 Å². The van der Waals surface area contributed by atoms with E-state index >= 15 is 0 Å². The maximum atomic E-state index is 13.5. The summed E-state index contributed by atoms with van der Waals surface area (Å²) < 4.78 is 5.22. The van der Waals surface area contributed by atoms with Crippen LogP contribution in [0.4, 0.5) is 0 Å². The van der Waals surface area contributed by atoms with Crippen molar-refractivity contribution >= 4 is 23.1 Å². The molecule has 1 heterocycles. The van der Waals surface area contributed by atoms with Gasteiger partial charge in [0.2, 0.25) is 5.91 Å². The summed E-state index contributed by atoms with van der Waals surface area (Å²) in [6.45, 7) is 0.324. The van der Waals surface area contributed by atoms with Crippen molar-refractivity contribution in [3.8, 4) is 5.75 Å². The van der Waals surface area contributed by atoms with Gasteiger partial charge >= 0.3 is 0 Å². The number of methoxy groups -OCH3 is 1. The Morgan fingerprint density at radius 1 is 1.24 bits per heavy atom. The number of azide groups is 1. The van der Waals surface area contributed by atoms with Crippen molar-refractivity contribution in [3.63, 3.8) is 0 Å². The lowest BCUT2D eigenvalue weighted by Crippen LogP contribution is -2.36. The maximum Gasteiger partial charge on any atom is 0.240 e. The summed E-state index contributed by atoms with van der Waals surface area (Å²) in [5.74, 6) is 0.461. The standard InChI is InChI=1S/C22H19ClN4O2/c1-29-15-11-9-14(10-12-15)13-27-21-18(7-4-8-19(21)23)16-5-2-3-6-17(16)20(22(27)28)25-26-24/h2-7,9-12,19-20H,8,13H2,1H3. The molecule has 0 spiro atoms. The van der Waals surface area contributed by atoms with Gasteiger partial charge in [-0.05, 0) is 40.8 Å². The van der Waals surface area contributed by atoms with E-state index in [1.54, 1.807) is 12.0 Å². The van der Waals surface area contributed by atoms with E-state index in [1.807, 2.05) is 60.7 Å². The van der Waals surface area contributed by atoms with Gasteiger partial charge in [0.05, 0.1) is 19.0 Å². The van der Waals surface area contributed by atoms with Gasteiger partial charge in [-0.1, -0.05) is 53.7 Å². The Morgan fingerprint density at radius 3 is 2.72 bits per heavy atom. The van der Waals surface area contributed by atoms with Crippen LogP contribution < -0.4 is 4.74 Å². The molecule has 0 bridgehead atoms. The lowest BCUT2D eigenvalue weighted by molar-refractivity contribution is -0.131. The lowest BCUT2D eigenvalue weighted by Gasteiger charge is -2.31. The molecule has 1 aliphatic heterocycles. The smallest absolute Gasteiger partial charge is 0.240 e. The van der Waals surface area contributed by atoms with Crippen LogP contribution >= 0.6 is 11.6 Å². The Morgan fingerprint density at radius 2 is 2.00 bits per heavy atom. The number of hydrogen-bond acceptors (Lipinski definition) is 3. The number of ether oxygens (including phenoxy) is 1. The van der Waals surface area contributed by atoms with Gasteiger partial charge in [0, 0.05) is 16.2 Å².